The Labute approximate surface area is 194 Å². The van der Waals surface area contributed by atoms with Gasteiger partial charge in [-0.2, -0.15) is 0 Å². The van der Waals surface area contributed by atoms with E-state index in [1.165, 1.54) is 24.3 Å². The van der Waals surface area contributed by atoms with Gasteiger partial charge in [0, 0.05) is 11.1 Å². The van der Waals surface area contributed by atoms with Gasteiger partial charge in [0.25, 0.3) is 0 Å². The van der Waals surface area contributed by atoms with Gasteiger partial charge in [-0.25, -0.2) is 14.4 Å². The number of hydrogen-bond acceptors (Lipinski definition) is 7. The fourth-order valence-corrected chi connectivity index (χ4v) is 3.40. The lowest BCUT2D eigenvalue weighted by atomic mass is 10.0. The van der Waals surface area contributed by atoms with E-state index in [1.807, 2.05) is 0 Å². The van der Waals surface area contributed by atoms with E-state index in [4.69, 9.17) is 0 Å². The van der Waals surface area contributed by atoms with Crippen LogP contribution in [0.15, 0.2) is 97.1 Å². The zero-order chi connectivity index (χ0) is 24.1. The molecule has 0 saturated heterocycles. The number of aromatic hydroxyl groups is 2. The molecule has 0 heterocycles. The molecule has 4 aromatic carbocycles. The van der Waals surface area contributed by atoms with Gasteiger partial charge in [-0.05, 0) is 23.3 Å². The zero-order valence-corrected chi connectivity index (χ0v) is 17.7. The number of carbonyl (C=O) groups is 3. The molecule has 0 atom stereocenters. The molecule has 0 aliphatic heterocycles. The monoisotopic (exact) mass is 454 g/mol. The molecular weight excluding hydrogens is 436 g/mol. The van der Waals surface area contributed by atoms with Gasteiger partial charge in [0.05, 0.1) is 0 Å². The molecule has 4 aromatic rings. The maximum absolute atomic E-state index is 12.4. The quantitative estimate of drug-likeness (QED) is 0.307. The van der Waals surface area contributed by atoms with Crippen molar-refractivity contribution in [3.63, 3.8) is 0 Å². The van der Waals surface area contributed by atoms with Crippen molar-refractivity contribution >= 4 is 18.1 Å². The van der Waals surface area contributed by atoms with E-state index >= 15 is 0 Å². The highest BCUT2D eigenvalue weighted by atomic mass is 16.8. The van der Waals surface area contributed by atoms with Crippen molar-refractivity contribution in [2.45, 2.75) is 0 Å². The first-order chi connectivity index (χ1) is 16.5. The minimum atomic E-state index is -1.59. The Morgan fingerprint density at radius 3 is 1.26 bits per heavy atom. The number of hydrogen-bond donors (Lipinski definition) is 2. The van der Waals surface area contributed by atoms with E-state index in [0.29, 0.717) is 22.3 Å². The summed E-state index contributed by atoms with van der Waals surface area (Å²) in [5.74, 6) is -3.16. The maximum atomic E-state index is 12.4. The lowest BCUT2D eigenvalue weighted by molar-refractivity contribution is 0.0335. The summed E-state index contributed by atoms with van der Waals surface area (Å²) in [6.45, 7) is 0. The van der Waals surface area contributed by atoms with Crippen molar-refractivity contribution < 1.29 is 34.1 Å². The highest BCUT2D eigenvalue weighted by Crippen LogP contribution is 2.33. The number of para-hydroxylation sites is 2. The normalized spacial score (nSPS) is 10.4. The molecule has 34 heavy (non-hydrogen) atoms. The third-order valence-corrected chi connectivity index (χ3v) is 5.03. The fraction of sp³-hybridized carbons (Fsp3) is 0. The van der Waals surface area contributed by atoms with Crippen molar-refractivity contribution in [3.8, 4) is 33.8 Å². The summed E-state index contributed by atoms with van der Waals surface area (Å²) in [5, 5.41) is 21.0. The van der Waals surface area contributed by atoms with E-state index in [1.54, 1.807) is 72.8 Å². The summed E-state index contributed by atoms with van der Waals surface area (Å²) in [6, 6.07) is 26.4. The second-order valence-corrected chi connectivity index (χ2v) is 7.16. The molecule has 0 spiro atoms. The molecule has 0 saturated carbocycles. The summed E-state index contributed by atoms with van der Waals surface area (Å²) >= 11 is 0. The van der Waals surface area contributed by atoms with Crippen LogP contribution >= 0.6 is 0 Å². The number of phenolic OH excluding ortho intramolecular Hbond substituents is 2. The molecule has 2 N–H and O–H groups in total. The molecule has 0 amide bonds. The van der Waals surface area contributed by atoms with Gasteiger partial charge in [0.1, 0.15) is 22.6 Å². The molecule has 0 fully saturated rings. The smallest absolute Gasteiger partial charge is 0.506 e. The Morgan fingerprint density at radius 2 is 0.882 bits per heavy atom. The summed E-state index contributed by atoms with van der Waals surface area (Å²) in [7, 11) is 0. The second-order valence-electron chi connectivity index (χ2n) is 7.16. The molecule has 0 aliphatic rings. The van der Waals surface area contributed by atoms with Crippen molar-refractivity contribution in [2.75, 3.05) is 0 Å². The first-order valence-corrected chi connectivity index (χ1v) is 10.2. The van der Waals surface area contributed by atoms with E-state index in [9.17, 15) is 24.6 Å². The molecule has 0 aliphatic carbocycles. The molecule has 0 unspecified atom stereocenters. The Kier molecular flexibility index (Phi) is 6.36. The van der Waals surface area contributed by atoms with Gasteiger partial charge in [-0.3, -0.25) is 0 Å². The van der Waals surface area contributed by atoms with E-state index < -0.39 is 18.1 Å². The molecule has 0 aromatic heterocycles. The van der Waals surface area contributed by atoms with Crippen LogP contribution in [0.5, 0.6) is 11.5 Å². The van der Waals surface area contributed by atoms with Gasteiger partial charge < -0.3 is 19.7 Å². The highest BCUT2D eigenvalue weighted by Gasteiger charge is 2.24. The third kappa shape index (κ3) is 4.63. The van der Waals surface area contributed by atoms with Crippen molar-refractivity contribution in [3.05, 3.63) is 108 Å². The predicted molar refractivity (Wildman–Crippen MR) is 123 cm³/mol. The lowest BCUT2D eigenvalue weighted by Gasteiger charge is -2.10. The van der Waals surface area contributed by atoms with Crippen LogP contribution in [-0.4, -0.2) is 28.3 Å². The van der Waals surface area contributed by atoms with Crippen LogP contribution in [0.1, 0.15) is 20.7 Å². The standard InChI is InChI=1S/C27H18O7/c28-23-19(17-9-3-1-4-10-17)13-7-15-21(23)25(30)33-27(32)34-26(31)22-16-8-14-20(24(22)29)18-11-5-2-6-12-18/h1-16,28-29H. The molecule has 168 valence electrons. The first kappa shape index (κ1) is 22.3. The topological polar surface area (TPSA) is 110 Å². The number of esters is 2. The largest absolute Gasteiger partial charge is 0.524 e. The highest BCUT2D eigenvalue weighted by molar-refractivity contribution is 6.04. The Balaban J connectivity index is 1.49. The minimum absolute atomic E-state index is 0.278. The molecule has 0 radical (unpaired) electrons. The molecule has 7 nitrogen and oxygen atoms in total. The number of ether oxygens (including phenoxy) is 2. The summed E-state index contributed by atoms with van der Waals surface area (Å²) < 4.78 is 9.19. The molecule has 4 rings (SSSR count). The summed E-state index contributed by atoms with van der Waals surface area (Å²) in [6.07, 6.45) is -1.59. The van der Waals surface area contributed by atoms with E-state index in [2.05, 4.69) is 9.47 Å². The third-order valence-electron chi connectivity index (χ3n) is 5.03. The van der Waals surface area contributed by atoms with Crippen LogP contribution in [0.3, 0.4) is 0 Å². The zero-order valence-electron chi connectivity index (χ0n) is 17.7. The number of phenols is 2. The van der Waals surface area contributed by atoms with Gasteiger partial charge in [0.2, 0.25) is 0 Å². The second kappa shape index (κ2) is 9.70. The van der Waals surface area contributed by atoms with Gasteiger partial charge in [0.15, 0.2) is 0 Å². The van der Waals surface area contributed by atoms with Crippen LogP contribution < -0.4 is 0 Å². The van der Waals surface area contributed by atoms with Crippen molar-refractivity contribution in [1.29, 1.82) is 0 Å². The van der Waals surface area contributed by atoms with E-state index in [0.717, 1.165) is 0 Å². The van der Waals surface area contributed by atoms with Crippen LogP contribution in [0, 0.1) is 0 Å². The van der Waals surface area contributed by atoms with Crippen molar-refractivity contribution in [2.24, 2.45) is 0 Å². The SMILES string of the molecule is O=C(OC(=O)c1cccc(-c2ccccc2)c1O)OC(=O)c1cccc(-c2ccccc2)c1O. The van der Waals surface area contributed by atoms with Crippen LogP contribution in [-0.2, 0) is 9.47 Å². The molecule has 0 bridgehead atoms. The Bertz CT molecular complexity index is 1260. The number of carbonyl (C=O) groups excluding carboxylic acids is 3. The minimum Gasteiger partial charge on any atom is -0.506 e. The van der Waals surface area contributed by atoms with E-state index in [-0.39, 0.29) is 22.6 Å². The molecular formula is C27H18O7. The van der Waals surface area contributed by atoms with Crippen LogP contribution in [0.25, 0.3) is 22.3 Å². The average molecular weight is 454 g/mol. The van der Waals surface area contributed by atoms with Gasteiger partial charge in [-0.1, -0.05) is 84.9 Å². The molecule has 7 heteroatoms. The Hall–Kier alpha value is -4.91. The van der Waals surface area contributed by atoms with Crippen molar-refractivity contribution in [1.82, 2.24) is 0 Å². The summed E-state index contributed by atoms with van der Waals surface area (Å²) in [5.41, 5.74) is 1.48. The maximum Gasteiger partial charge on any atom is 0.524 e. The average Bonchev–Trinajstić information content (AvgIpc) is 2.85. The van der Waals surface area contributed by atoms with Crippen LogP contribution in [0.2, 0.25) is 0 Å². The van der Waals surface area contributed by atoms with Gasteiger partial charge in [-0.15, -0.1) is 0 Å². The Morgan fingerprint density at radius 1 is 0.500 bits per heavy atom. The fourth-order valence-electron chi connectivity index (χ4n) is 3.40. The first-order valence-electron chi connectivity index (χ1n) is 10.2. The number of rotatable bonds is 4. The van der Waals surface area contributed by atoms with Gasteiger partial charge >= 0.3 is 18.1 Å². The van der Waals surface area contributed by atoms with Crippen LogP contribution in [0.4, 0.5) is 4.79 Å². The lowest BCUT2D eigenvalue weighted by Crippen LogP contribution is -2.18. The summed E-state index contributed by atoms with van der Waals surface area (Å²) in [4.78, 5) is 37.0. The number of benzene rings is 4. The predicted octanol–water partition coefficient (Wildman–Crippen LogP) is 5.57.